The lowest BCUT2D eigenvalue weighted by Crippen LogP contribution is -2.40. The minimum Gasteiger partial charge on any atom is -0.356 e. The summed E-state index contributed by atoms with van der Waals surface area (Å²) in [4.78, 5) is 26.4. The summed E-state index contributed by atoms with van der Waals surface area (Å²) in [7, 11) is 0. The van der Waals surface area contributed by atoms with Crippen LogP contribution in [0, 0.1) is 0 Å². The van der Waals surface area contributed by atoms with E-state index in [2.05, 4.69) is 34.7 Å². The van der Waals surface area contributed by atoms with Crippen LogP contribution < -0.4 is 10.6 Å². The zero-order valence-corrected chi connectivity index (χ0v) is 10.8. The molecule has 2 aromatic rings. The molecule has 3 N–H and O–H groups in total. The fourth-order valence-electron chi connectivity index (χ4n) is 2.40. The number of amides is 3. The molecule has 1 aromatic heterocycles. The Bertz CT molecular complexity index is 689. The normalized spacial score (nSPS) is 22.6. The number of fused-ring (bicyclic) bond motifs is 1. The van der Waals surface area contributed by atoms with Crippen molar-refractivity contribution in [1.82, 2.24) is 15.6 Å². The number of hydrogen-bond acceptors (Lipinski definition) is 2. The predicted octanol–water partition coefficient (Wildman–Crippen LogP) is 1.78. The van der Waals surface area contributed by atoms with Crippen LogP contribution in [0.1, 0.15) is 25.1 Å². The number of nitrogens with one attached hydrogen (secondary N) is 3. The van der Waals surface area contributed by atoms with Crippen LogP contribution in [0.4, 0.5) is 4.79 Å². The first kappa shape index (κ1) is 11.8. The van der Waals surface area contributed by atoms with Gasteiger partial charge in [0.05, 0.1) is 5.69 Å². The molecule has 0 aliphatic carbocycles. The van der Waals surface area contributed by atoms with E-state index in [1.165, 1.54) is 5.56 Å². The molecule has 0 radical (unpaired) electrons. The van der Waals surface area contributed by atoms with Crippen LogP contribution >= 0.6 is 0 Å². The summed E-state index contributed by atoms with van der Waals surface area (Å²) in [6, 6.07) is 7.60. The van der Waals surface area contributed by atoms with Crippen LogP contribution in [-0.4, -0.2) is 16.9 Å². The first-order chi connectivity index (χ1) is 9.03. The molecule has 1 fully saturated rings. The quantitative estimate of drug-likeness (QED) is 0.717. The second-order valence-corrected chi connectivity index (χ2v) is 4.99. The molecule has 1 aliphatic heterocycles. The molecule has 0 saturated carbocycles. The number of aryl methyl sites for hydroxylation is 1. The van der Waals surface area contributed by atoms with Gasteiger partial charge in [-0.25, -0.2) is 4.79 Å². The highest BCUT2D eigenvalue weighted by Crippen LogP contribution is 2.27. The van der Waals surface area contributed by atoms with Crippen LogP contribution in [0.2, 0.25) is 0 Å². The fourth-order valence-corrected chi connectivity index (χ4v) is 2.40. The topological polar surface area (TPSA) is 74.0 Å². The monoisotopic (exact) mass is 257 g/mol. The van der Waals surface area contributed by atoms with Gasteiger partial charge in [-0.1, -0.05) is 13.0 Å². The molecule has 3 amide bonds. The first-order valence-corrected chi connectivity index (χ1v) is 6.28. The highest BCUT2D eigenvalue weighted by molar-refractivity contribution is 6.07. The third kappa shape index (κ3) is 1.69. The molecule has 0 bridgehead atoms. The Kier molecular flexibility index (Phi) is 2.38. The van der Waals surface area contributed by atoms with Gasteiger partial charge < -0.3 is 10.3 Å². The number of benzene rings is 1. The average molecular weight is 257 g/mol. The second-order valence-electron chi connectivity index (χ2n) is 4.99. The van der Waals surface area contributed by atoms with E-state index in [-0.39, 0.29) is 5.91 Å². The van der Waals surface area contributed by atoms with E-state index in [4.69, 9.17) is 0 Å². The van der Waals surface area contributed by atoms with Crippen molar-refractivity contribution in [2.45, 2.75) is 25.8 Å². The minimum absolute atomic E-state index is 0.334. The van der Waals surface area contributed by atoms with E-state index < -0.39 is 11.6 Å². The Hall–Kier alpha value is -2.30. The van der Waals surface area contributed by atoms with Crippen molar-refractivity contribution in [1.29, 1.82) is 0 Å². The molecular formula is C14H15N3O2. The fraction of sp³-hybridized carbons (Fsp3) is 0.286. The second kappa shape index (κ2) is 3.85. The number of rotatable bonds is 2. The van der Waals surface area contributed by atoms with Gasteiger partial charge in [0.1, 0.15) is 0 Å². The molecule has 1 atom stereocenters. The number of carbonyl (C=O) groups excluding carboxylic acids is 2. The van der Waals surface area contributed by atoms with Gasteiger partial charge in [-0.2, -0.15) is 0 Å². The van der Waals surface area contributed by atoms with Crippen molar-refractivity contribution in [3.63, 3.8) is 0 Å². The SMILES string of the molecule is CCc1ccc2[nH]c([C@]3(C)NC(=O)NC3=O)cc2c1. The van der Waals surface area contributed by atoms with E-state index in [9.17, 15) is 9.59 Å². The molecule has 0 spiro atoms. The van der Waals surface area contributed by atoms with E-state index >= 15 is 0 Å². The molecule has 5 nitrogen and oxygen atoms in total. The number of H-pyrrole nitrogens is 1. The Morgan fingerprint density at radius 2 is 2.00 bits per heavy atom. The van der Waals surface area contributed by atoms with Crippen LogP contribution in [0.5, 0.6) is 0 Å². The Labute approximate surface area is 110 Å². The van der Waals surface area contributed by atoms with Crippen molar-refractivity contribution in [2.24, 2.45) is 0 Å². The van der Waals surface area contributed by atoms with E-state index in [1.807, 2.05) is 12.1 Å². The van der Waals surface area contributed by atoms with Gasteiger partial charge in [0.2, 0.25) is 0 Å². The number of aromatic amines is 1. The smallest absolute Gasteiger partial charge is 0.322 e. The van der Waals surface area contributed by atoms with E-state index in [0.717, 1.165) is 17.3 Å². The maximum Gasteiger partial charge on any atom is 0.322 e. The van der Waals surface area contributed by atoms with Gasteiger partial charge in [0.25, 0.3) is 5.91 Å². The van der Waals surface area contributed by atoms with Gasteiger partial charge in [-0.3, -0.25) is 10.1 Å². The van der Waals surface area contributed by atoms with Crippen molar-refractivity contribution in [3.05, 3.63) is 35.5 Å². The minimum atomic E-state index is -1.03. The molecule has 1 aliphatic rings. The lowest BCUT2D eigenvalue weighted by Gasteiger charge is -2.18. The molecule has 1 saturated heterocycles. The van der Waals surface area contributed by atoms with Crippen LogP contribution in [0.3, 0.4) is 0 Å². The summed E-state index contributed by atoms with van der Waals surface area (Å²) >= 11 is 0. The van der Waals surface area contributed by atoms with E-state index in [1.54, 1.807) is 6.92 Å². The van der Waals surface area contributed by atoms with Gasteiger partial charge in [0, 0.05) is 10.9 Å². The first-order valence-electron chi connectivity index (χ1n) is 6.28. The number of carbonyl (C=O) groups is 2. The molecule has 5 heteroatoms. The summed E-state index contributed by atoms with van der Waals surface area (Å²) in [6.45, 7) is 3.79. The van der Waals surface area contributed by atoms with Crippen LogP contribution in [-0.2, 0) is 16.8 Å². The number of aromatic nitrogens is 1. The average Bonchev–Trinajstić information content (AvgIpc) is 2.91. The summed E-state index contributed by atoms with van der Waals surface area (Å²) in [5.74, 6) is -0.334. The van der Waals surface area contributed by atoms with Crippen molar-refractivity contribution in [2.75, 3.05) is 0 Å². The molecule has 1 aromatic carbocycles. The molecule has 0 unspecified atom stereocenters. The standard InChI is InChI=1S/C14H15N3O2/c1-3-8-4-5-10-9(6-8)7-11(15-10)14(2)12(18)16-13(19)17-14/h4-7,15H,3H2,1-2H3,(H2,16,17,18,19)/t14-/m0/s1. The molecule has 3 rings (SSSR count). The van der Waals surface area contributed by atoms with Crippen LogP contribution in [0.15, 0.2) is 24.3 Å². The van der Waals surface area contributed by atoms with Crippen LogP contribution in [0.25, 0.3) is 10.9 Å². The molecule has 2 heterocycles. The van der Waals surface area contributed by atoms with E-state index in [0.29, 0.717) is 5.69 Å². The Morgan fingerprint density at radius 3 is 2.63 bits per heavy atom. The lowest BCUT2D eigenvalue weighted by molar-refractivity contribution is -0.123. The summed E-state index contributed by atoms with van der Waals surface area (Å²) in [5, 5.41) is 5.96. The zero-order valence-electron chi connectivity index (χ0n) is 10.8. The summed E-state index contributed by atoms with van der Waals surface area (Å²) in [5.41, 5.74) is 1.87. The predicted molar refractivity (Wildman–Crippen MR) is 71.7 cm³/mol. The van der Waals surface area contributed by atoms with Gasteiger partial charge in [-0.05, 0) is 37.1 Å². The third-order valence-corrected chi connectivity index (χ3v) is 3.68. The van der Waals surface area contributed by atoms with Gasteiger partial charge in [0.15, 0.2) is 5.54 Å². The number of hydrogen-bond donors (Lipinski definition) is 3. The summed E-state index contributed by atoms with van der Waals surface area (Å²) in [6.07, 6.45) is 0.963. The molecular weight excluding hydrogens is 242 g/mol. The maximum atomic E-state index is 11.9. The zero-order chi connectivity index (χ0) is 13.6. The number of imide groups is 1. The van der Waals surface area contributed by atoms with Crippen molar-refractivity contribution < 1.29 is 9.59 Å². The number of urea groups is 1. The molecule has 98 valence electrons. The van der Waals surface area contributed by atoms with Gasteiger partial charge >= 0.3 is 6.03 Å². The van der Waals surface area contributed by atoms with Crippen molar-refractivity contribution >= 4 is 22.8 Å². The Balaban J connectivity index is 2.11. The lowest BCUT2D eigenvalue weighted by atomic mass is 9.98. The molecule has 19 heavy (non-hydrogen) atoms. The third-order valence-electron chi connectivity index (χ3n) is 3.68. The Morgan fingerprint density at radius 1 is 1.21 bits per heavy atom. The van der Waals surface area contributed by atoms with Crippen molar-refractivity contribution in [3.8, 4) is 0 Å². The highest BCUT2D eigenvalue weighted by Gasteiger charge is 2.44. The largest absolute Gasteiger partial charge is 0.356 e. The van der Waals surface area contributed by atoms with Gasteiger partial charge in [-0.15, -0.1) is 0 Å². The summed E-state index contributed by atoms with van der Waals surface area (Å²) < 4.78 is 0. The maximum absolute atomic E-state index is 11.9. The highest BCUT2D eigenvalue weighted by atomic mass is 16.2.